The lowest BCUT2D eigenvalue weighted by Crippen LogP contribution is -2.26. The maximum atomic E-state index is 2.48. The van der Waals surface area contributed by atoms with Crippen LogP contribution in [0.1, 0.15) is 35.1 Å². The molecule has 0 aliphatic carbocycles. The van der Waals surface area contributed by atoms with E-state index in [-0.39, 0.29) is 7.43 Å². The predicted molar refractivity (Wildman–Crippen MR) is 42.7 cm³/mol. The summed E-state index contributed by atoms with van der Waals surface area (Å²) < 4.78 is 0. The Balaban J connectivity index is 0.000000640. The van der Waals surface area contributed by atoms with E-state index in [1.165, 1.54) is 6.54 Å². The normalized spacial score (nSPS) is 33.3. The summed E-state index contributed by atoms with van der Waals surface area (Å²) in [5.74, 6) is 0. The van der Waals surface area contributed by atoms with Crippen LogP contribution in [-0.4, -0.2) is 23.0 Å². The Kier molecular flexibility index (Phi) is 2.29. The zero-order chi connectivity index (χ0) is 6.36. The molecular weight excluding hydrogens is 110 g/mol. The summed E-state index contributed by atoms with van der Waals surface area (Å²) in [4.78, 5) is 2.48. The Morgan fingerprint density at radius 2 is 1.67 bits per heavy atom. The van der Waals surface area contributed by atoms with Crippen LogP contribution in [0.25, 0.3) is 0 Å². The molecule has 2 atom stereocenters. The third-order valence-electron chi connectivity index (χ3n) is 1.72. The van der Waals surface area contributed by atoms with Gasteiger partial charge in [-0.3, -0.25) is 4.90 Å². The Bertz CT molecular complexity index is 91.2. The Labute approximate surface area is 59.1 Å². The summed E-state index contributed by atoms with van der Waals surface area (Å²) in [5, 5.41) is 0. The molecule has 0 N–H and O–H groups in total. The first-order valence-corrected chi connectivity index (χ1v) is 3.28. The molecule has 0 amide bonds. The van der Waals surface area contributed by atoms with E-state index in [0.717, 1.165) is 6.04 Å². The van der Waals surface area contributed by atoms with Crippen molar-refractivity contribution in [2.45, 2.75) is 46.7 Å². The second kappa shape index (κ2) is 2.30. The minimum absolute atomic E-state index is 0. The van der Waals surface area contributed by atoms with Crippen molar-refractivity contribution >= 4 is 0 Å². The van der Waals surface area contributed by atoms with Gasteiger partial charge in [-0.15, -0.1) is 0 Å². The molecule has 0 spiro atoms. The molecule has 2 unspecified atom stereocenters. The molecule has 9 heavy (non-hydrogen) atoms. The Morgan fingerprint density at radius 1 is 1.33 bits per heavy atom. The van der Waals surface area contributed by atoms with Crippen molar-refractivity contribution < 1.29 is 0 Å². The van der Waals surface area contributed by atoms with Crippen LogP contribution in [-0.2, 0) is 0 Å². The number of nitrogens with zero attached hydrogens (tertiary/aromatic N) is 1. The van der Waals surface area contributed by atoms with Crippen LogP contribution in [0.4, 0.5) is 0 Å². The monoisotopic (exact) mass is 129 g/mol. The highest BCUT2D eigenvalue weighted by atomic mass is 15.3. The van der Waals surface area contributed by atoms with Gasteiger partial charge in [-0.2, -0.15) is 0 Å². The standard InChI is InChI=1S/C7H15N.CH4/c1-6-5-8(6)7(2,3)4;/h6H,5H2,1-4H3;1H4. The summed E-state index contributed by atoms with van der Waals surface area (Å²) in [6, 6.07) is 0.843. The predicted octanol–water partition coefficient (Wildman–Crippen LogP) is 2.13. The topological polar surface area (TPSA) is 3.01 Å². The summed E-state index contributed by atoms with van der Waals surface area (Å²) in [5.41, 5.74) is 0.416. The van der Waals surface area contributed by atoms with E-state index >= 15 is 0 Å². The number of hydrogen-bond donors (Lipinski definition) is 0. The molecule has 1 rings (SSSR count). The average molecular weight is 129 g/mol. The zero-order valence-electron chi connectivity index (χ0n) is 6.23. The van der Waals surface area contributed by atoms with Crippen LogP contribution in [0.2, 0.25) is 0 Å². The zero-order valence-corrected chi connectivity index (χ0v) is 6.23. The first-order valence-electron chi connectivity index (χ1n) is 3.28. The highest BCUT2D eigenvalue weighted by Gasteiger charge is 2.37. The molecule has 1 fully saturated rings. The Morgan fingerprint density at radius 3 is 1.67 bits per heavy atom. The average Bonchev–Trinajstić information content (AvgIpc) is 2.13. The van der Waals surface area contributed by atoms with E-state index in [4.69, 9.17) is 0 Å². The highest BCUT2D eigenvalue weighted by molar-refractivity contribution is 4.94. The molecule has 1 heteroatoms. The van der Waals surface area contributed by atoms with Crippen molar-refractivity contribution in [3.05, 3.63) is 0 Å². The minimum atomic E-state index is 0. The third-order valence-corrected chi connectivity index (χ3v) is 1.72. The lowest BCUT2D eigenvalue weighted by molar-refractivity contribution is 0.291. The molecular formula is C8H19N. The van der Waals surface area contributed by atoms with Gasteiger partial charge in [0.2, 0.25) is 0 Å². The van der Waals surface area contributed by atoms with E-state index in [1.54, 1.807) is 0 Å². The van der Waals surface area contributed by atoms with Crippen LogP contribution in [0, 0.1) is 0 Å². The molecule has 1 aliphatic rings. The molecule has 1 aliphatic heterocycles. The lowest BCUT2D eigenvalue weighted by Gasteiger charge is -2.20. The van der Waals surface area contributed by atoms with Gasteiger partial charge in [-0.05, 0) is 27.7 Å². The van der Waals surface area contributed by atoms with Crippen LogP contribution in [0.15, 0.2) is 0 Å². The fraction of sp³-hybridized carbons (Fsp3) is 1.00. The molecule has 0 aromatic heterocycles. The lowest BCUT2D eigenvalue weighted by atomic mass is 10.1. The van der Waals surface area contributed by atoms with Crippen LogP contribution >= 0.6 is 0 Å². The van der Waals surface area contributed by atoms with E-state index < -0.39 is 0 Å². The van der Waals surface area contributed by atoms with Crippen LogP contribution in [0.3, 0.4) is 0 Å². The fourth-order valence-electron chi connectivity index (χ4n) is 1.17. The van der Waals surface area contributed by atoms with Crippen molar-refractivity contribution in [3.8, 4) is 0 Å². The highest BCUT2D eigenvalue weighted by Crippen LogP contribution is 2.27. The van der Waals surface area contributed by atoms with Gasteiger partial charge >= 0.3 is 0 Å². The quantitative estimate of drug-likeness (QED) is 0.453. The van der Waals surface area contributed by atoms with Gasteiger partial charge in [0, 0.05) is 18.1 Å². The SMILES string of the molecule is C.CC1CN1C(C)(C)C. The van der Waals surface area contributed by atoms with Crippen molar-refractivity contribution in [1.82, 2.24) is 4.90 Å². The van der Waals surface area contributed by atoms with Gasteiger partial charge in [-0.1, -0.05) is 7.43 Å². The van der Waals surface area contributed by atoms with Gasteiger partial charge in [0.1, 0.15) is 0 Å². The smallest absolute Gasteiger partial charge is 0.0201 e. The second-order valence-corrected chi connectivity index (χ2v) is 3.67. The van der Waals surface area contributed by atoms with Crippen LogP contribution in [0.5, 0.6) is 0 Å². The Hall–Kier alpha value is -0.0400. The van der Waals surface area contributed by atoms with Crippen molar-refractivity contribution in [1.29, 1.82) is 0 Å². The molecule has 1 nitrogen and oxygen atoms in total. The summed E-state index contributed by atoms with van der Waals surface area (Å²) in [6.45, 7) is 10.3. The maximum absolute atomic E-state index is 2.48. The van der Waals surface area contributed by atoms with Crippen molar-refractivity contribution in [2.24, 2.45) is 0 Å². The van der Waals surface area contributed by atoms with Crippen molar-refractivity contribution in [2.75, 3.05) is 6.54 Å². The number of hydrogen-bond acceptors (Lipinski definition) is 1. The summed E-state index contributed by atoms with van der Waals surface area (Å²) in [6.07, 6.45) is 0. The summed E-state index contributed by atoms with van der Waals surface area (Å²) >= 11 is 0. The van der Waals surface area contributed by atoms with Gasteiger partial charge in [0.25, 0.3) is 0 Å². The largest absolute Gasteiger partial charge is 0.293 e. The molecule has 0 saturated carbocycles. The van der Waals surface area contributed by atoms with Crippen LogP contribution < -0.4 is 0 Å². The maximum Gasteiger partial charge on any atom is 0.0201 e. The first-order chi connectivity index (χ1) is 3.52. The molecule has 0 bridgehead atoms. The fourth-order valence-corrected chi connectivity index (χ4v) is 1.17. The van der Waals surface area contributed by atoms with Gasteiger partial charge in [-0.25, -0.2) is 0 Å². The van der Waals surface area contributed by atoms with E-state index in [0.29, 0.717) is 5.54 Å². The molecule has 56 valence electrons. The molecule has 1 heterocycles. The molecule has 0 aromatic rings. The molecule has 0 radical (unpaired) electrons. The van der Waals surface area contributed by atoms with Crippen molar-refractivity contribution in [3.63, 3.8) is 0 Å². The van der Waals surface area contributed by atoms with Gasteiger partial charge in [0.05, 0.1) is 0 Å². The van der Waals surface area contributed by atoms with E-state index in [9.17, 15) is 0 Å². The first kappa shape index (κ1) is 8.96. The van der Waals surface area contributed by atoms with Gasteiger partial charge in [0.15, 0.2) is 0 Å². The summed E-state index contributed by atoms with van der Waals surface area (Å²) in [7, 11) is 0. The van der Waals surface area contributed by atoms with Gasteiger partial charge < -0.3 is 0 Å². The molecule has 1 saturated heterocycles. The van der Waals surface area contributed by atoms with E-state index in [1.807, 2.05) is 0 Å². The van der Waals surface area contributed by atoms with E-state index in [2.05, 4.69) is 32.6 Å². The molecule has 0 aromatic carbocycles. The minimum Gasteiger partial charge on any atom is -0.293 e. The second-order valence-electron chi connectivity index (χ2n) is 3.67. The third kappa shape index (κ3) is 1.98. The number of rotatable bonds is 0.